The van der Waals surface area contributed by atoms with E-state index in [-0.39, 0.29) is 50.2 Å². The number of amides is 2. The van der Waals surface area contributed by atoms with Crippen LogP contribution < -0.4 is 9.64 Å². The number of rotatable bonds is 5. The zero-order chi connectivity index (χ0) is 19.4. The number of ether oxygens (including phenoxy) is 3. The smallest absolute Gasteiger partial charge is 0.308 e. The van der Waals surface area contributed by atoms with Crippen LogP contribution in [0.25, 0.3) is 0 Å². The van der Waals surface area contributed by atoms with E-state index in [0.717, 1.165) is 0 Å². The van der Waals surface area contributed by atoms with E-state index in [1.807, 2.05) is 19.9 Å². The number of hydrogen-bond donors (Lipinski definition) is 0. The van der Waals surface area contributed by atoms with Crippen molar-refractivity contribution in [3.63, 3.8) is 0 Å². The summed E-state index contributed by atoms with van der Waals surface area (Å²) in [7, 11) is 0. The number of hydrogen-bond acceptors (Lipinski definition) is 6. The van der Waals surface area contributed by atoms with Gasteiger partial charge in [-0.1, -0.05) is 12.1 Å². The lowest BCUT2D eigenvalue weighted by molar-refractivity contribution is -0.157. The third-order valence-corrected chi connectivity index (χ3v) is 4.48. The molecule has 0 bridgehead atoms. The molecule has 2 aliphatic rings. The Bertz CT molecular complexity index is 712. The molecule has 1 aromatic carbocycles. The minimum atomic E-state index is -0.519. The van der Waals surface area contributed by atoms with Crippen LogP contribution in [0, 0.1) is 0 Å². The van der Waals surface area contributed by atoms with E-state index in [2.05, 4.69) is 0 Å². The van der Waals surface area contributed by atoms with Gasteiger partial charge in [0, 0.05) is 19.6 Å². The Kier molecular flexibility index (Phi) is 5.95. The lowest BCUT2D eigenvalue weighted by Gasteiger charge is -2.35. The fraction of sp³-hybridized carbons (Fsp3) is 0.526. The van der Waals surface area contributed by atoms with E-state index in [1.165, 1.54) is 4.90 Å². The molecule has 0 saturated carbocycles. The first-order chi connectivity index (χ1) is 12.9. The van der Waals surface area contributed by atoms with Gasteiger partial charge in [0.15, 0.2) is 13.2 Å². The Morgan fingerprint density at radius 3 is 2.63 bits per heavy atom. The largest absolute Gasteiger partial charge is 0.482 e. The van der Waals surface area contributed by atoms with Crippen LogP contribution in [0.15, 0.2) is 24.3 Å². The van der Waals surface area contributed by atoms with Gasteiger partial charge in [0.1, 0.15) is 5.75 Å². The third-order valence-electron chi connectivity index (χ3n) is 4.48. The van der Waals surface area contributed by atoms with E-state index in [1.54, 1.807) is 23.1 Å². The van der Waals surface area contributed by atoms with Crippen LogP contribution in [0.1, 0.15) is 20.3 Å². The molecule has 1 saturated heterocycles. The van der Waals surface area contributed by atoms with Crippen LogP contribution in [0.4, 0.5) is 5.69 Å². The van der Waals surface area contributed by atoms with Crippen molar-refractivity contribution < 1.29 is 28.6 Å². The Morgan fingerprint density at radius 1 is 1.19 bits per heavy atom. The maximum atomic E-state index is 12.2. The number of nitrogens with zero attached hydrogens (tertiary/aromatic N) is 2. The minimum absolute atomic E-state index is 0.00324. The molecule has 2 aliphatic heterocycles. The number of carbonyl (C=O) groups excluding carboxylic acids is 3. The molecule has 0 unspecified atom stereocenters. The van der Waals surface area contributed by atoms with Crippen molar-refractivity contribution in [2.75, 3.05) is 37.7 Å². The molecule has 1 aromatic rings. The van der Waals surface area contributed by atoms with Crippen molar-refractivity contribution in [2.45, 2.75) is 32.5 Å². The van der Waals surface area contributed by atoms with Gasteiger partial charge in [0.05, 0.1) is 24.3 Å². The topological polar surface area (TPSA) is 85.4 Å². The van der Waals surface area contributed by atoms with Gasteiger partial charge in [-0.25, -0.2) is 0 Å². The number of anilines is 1. The minimum Gasteiger partial charge on any atom is -0.482 e. The monoisotopic (exact) mass is 376 g/mol. The first-order valence-corrected chi connectivity index (χ1v) is 9.05. The SMILES string of the molecule is C[C@H]1CN(C(=O)COC(=O)CCN2C(=O)COc3ccccc32)C[C@H](C)O1. The van der Waals surface area contributed by atoms with E-state index in [9.17, 15) is 14.4 Å². The molecule has 0 radical (unpaired) electrons. The molecule has 2 heterocycles. The van der Waals surface area contributed by atoms with Crippen LogP contribution in [-0.2, 0) is 23.9 Å². The molecule has 8 nitrogen and oxygen atoms in total. The molecule has 146 valence electrons. The molecule has 2 atom stereocenters. The van der Waals surface area contributed by atoms with Gasteiger partial charge >= 0.3 is 5.97 Å². The fourth-order valence-corrected chi connectivity index (χ4v) is 3.29. The summed E-state index contributed by atoms with van der Waals surface area (Å²) in [6.07, 6.45) is -0.0786. The summed E-state index contributed by atoms with van der Waals surface area (Å²) >= 11 is 0. The summed E-state index contributed by atoms with van der Waals surface area (Å²) in [4.78, 5) is 39.5. The number of morpholine rings is 1. The van der Waals surface area contributed by atoms with E-state index < -0.39 is 5.97 Å². The highest BCUT2D eigenvalue weighted by Crippen LogP contribution is 2.31. The highest BCUT2D eigenvalue weighted by atomic mass is 16.5. The third kappa shape index (κ3) is 4.77. The number of benzene rings is 1. The molecular weight excluding hydrogens is 352 g/mol. The van der Waals surface area contributed by atoms with E-state index >= 15 is 0 Å². The van der Waals surface area contributed by atoms with Crippen molar-refractivity contribution in [3.8, 4) is 5.75 Å². The Morgan fingerprint density at radius 2 is 1.89 bits per heavy atom. The van der Waals surface area contributed by atoms with Gasteiger partial charge in [0.2, 0.25) is 0 Å². The number of fused-ring (bicyclic) bond motifs is 1. The summed E-state index contributed by atoms with van der Waals surface area (Å²) < 4.78 is 16.1. The molecule has 27 heavy (non-hydrogen) atoms. The molecule has 0 N–H and O–H groups in total. The molecule has 3 rings (SSSR count). The van der Waals surface area contributed by atoms with Gasteiger partial charge in [0.25, 0.3) is 11.8 Å². The van der Waals surface area contributed by atoms with Crippen molar-refractivity contribution in [3.05, 3.63) is 24.3 Å². The fourth-order valence-electron chi connectivity index (χ4n) is 3.29. The molecular formula is C19H24N2O6. The lowest BCUT2D eigenvalue weighted by atomic mass is 10.2. The maximum Gasteiger partial charge on any atom is 0.308 e. The highest BCUT2D eigenvalue weighted by molar-refractivity contribution is 5.98. The van der Waals surface area contributed by atoms with Crippen LogP contribution in [0.3, 0.4) is 0 Å². The second-order valence-electron chi connectivity index (χ2n) is 6.77. The van der Waals surface area contributed by atoms with Gasteiger partial charge in [-0.2, -0.15) is 0 Å². The number of carbonyl (C=O) groups is 3. The molecule has 0 aromatic heterocycles. The summed E-state index contributed by atoms with van der Waals surface area (Å²) in [5.41, 5.74) is 0.633. The zero-order valence-corrected chi connectivity index (χ0v) is 15.6. The number of para-hydroxylation sites is 2. The quantitative estimate of drug-likeness (QED) is 0.712. The molecule has 1 fully saturated rings. The molecule has 8 heteroatoms. The van der Waals surface area contributed by atoms with Crippen LogP contribution >= 0.6 is 0 Å². The van der Waals surface area contributed by atoms with Crippen molar-refractivity contribution in [1.29, 1.82) is 0 Å². The second kappa shape index (κ2) is 8.39. The molecule has 0 aliphatic carbocycles. The van der Waals surface area contributed by atoms with Crippen LogP contribution in [-0.4, -0.2) is 67.7 Å². The van der Waals surface area contributed by atoms with Crippen molar-refractivity contribution in [2.24, 2.45) is 0 Å². The highest BCUT2D eigenvalue weighted by Gasteiger charge is 2.28. The summed E-state index contributed by atoms with van der Waals surface area (Å²) in [5.74, 6) is -0.363. The predicted octanol–water partition coefficient (Wildman–Crippen LogP) is 0.981. The van der Waals surface area contributed by atoms with E-state index in [0.29, 0.717) is 24.5 Å². The standard InChI is InChI=1S/C19H24N2O6/c1-13-9-20(10-14(2)27-13)17(22)11-26-19(24)7-8-21-15-5-3-4-6-16(15)25-12-18(21)23/h3-6,13-14H,7-12H2,1-2H3/t13-,14-/m0/s1. The maximum absolute atomic E-state index is 12.2. The lowest BCUT2D eigenvalue weighted by Crippen LogP contribution is -2.49. The van der Waals surface area contributed by atoms with Gasteiger partial charge in [-0.3, -0.25) is 14.4 Å². The van der Waals surface area contributed by atoms with Gasteiger partial charge < -0.3 is 24.0 Å². The summed E-state index contributed by atoms with van der Waals surface area (Å²) in [6.45, 7) is 4.60. The summed E-state index contributed by atoms with van der Waals surface area (Å²) in [5, 5.41) is 0. The average Bonchev–Trinajstić information content (AvgIpc) is 2.64. The summed E-state index contributed by atoms with van der Waals surface area (Å²) in [6, 6.07) is 7.16. The van der Waals surface area contributed by atoms with Gasteiger partial charge in [-0.05, 0) is 26.0 Å². The first kappa shape index (κ1) is 19.2. The first-order valence-electron chi connectivity index (χ1n) is 9.05. The Balaban J connectivity index is 1.47. The predicted molar refractivity (Wildman–Crippen MR) is 96.5 cm³/mol. The Hall–Kier alpha value is -2.61. The zero-order valence-electron chi connectivity index (χ0n) is 15.6. The Labute approximate surface area is 158 Å². The van der Waals surface area contributed by atoms with Gasteiger partial charge in [-0.15, -0.1) is 0 Å². The van der Waals surface area contributed by atoms with Crippen LogP contribution in [0.5, 0.6) is 5.75 Å². The van der Waals surface area contributed by atoms with Crippen molar-refractivity contribution in [1.82, 2.24) is 4.90 Å². The van der Waals surface area contributed by atoms with Crippen molar-refractivity contribution >= 4 is 23.5 Å². The average molecular weight is 376 g/mol. The number of esters is 1. The normalized spacial score (nSPS) is 22.1. The van der Waals surface area contributed by atoms with E-state index in [4.69, 9.17) is 14.2 Å². The second-order valence-corrected chi connectivity index (χ2v) is 6.77. The molecule has 0 spiro atoms. The van der Waals surface area contributed by atoms with Crippen LogP contribution in [0.2, 0.25) is 0 Å². The molecule has 2 amide bonds.